The van der Waals surface area contributed by atoms with E-state index in [2.05, 4.69) is 10.3 Å². The highest BCUT2D eigenvalue weighted by molar-refractivity contribution is 5.78. The molecule has 0 aliphatic rings. The maximum Gasteiger partial charge on any atom is 0.204 e. The first-order chi connectivity index (χ1) is 9.65. The summed E-state index contributed by atoms with van der Waals surface area (Å²) in [7, 11) is 1.98. The molecule has 1 aromatic heterocycles. The van der Waals surface area contributed by atoms with Crippen molar-refractivity contribution in [3.05, 3.63) is 59.9 Å². The van der Waals surface area contributed by atoms with Crippen LogP contribution in [0.3, 0.4) is 0 Å². The molecule has 102 valence electrons. The molecule has 0 radical (unpaired) electrons. The molecule has 0 bridgehead atoms. The molecule has 0 fully saturated rings. The van der Waals surface area contributed by atoms with Gasteiger partial charge < -0.3 is 9.88 Å². The molecule has 1 N–H and O–H groups in total. The number of rotatable bonds is 3. The summed E-state index contributed by atoms with van der Waals surface area (Å²) in [6.07, 6.45) is 0. The average Bonchev–Trinajstić information content (AvgIpc) is 2.77. The Hall–Kier alpha value is -2.36. The summed E-state index contributed by atoms with van der Waals surface area (Å²) >= 11 is 0. The number of hydrogen-bond donors (Lipinski definition) is 1. The van der Waals surface area contributed by atoms with E-state index in [1.165, 1.54) is 12.1 Å². The number of fused-ring (bicyclic) bond motifs is 1. The fourth-order valence-electron chi connectivity index (χ4n) is 2.30. The minimum absolute atomic E-state index is 0.0612. The highest BCUT2D eigenvalue weighted by atomic mass is 19.1. The van der Waals surface area contributed by atoms with Crippen LogP contribution in [0, 0.1) is 5.82 Å². The van der Waals surface area contributed by atoms with Gasteiger partial charge >= 0.3 is 0 Å². The quantitative estimate of drug-likeness (QED) is 0.782. The number of nitrogens with zero attached hydrogens (tertiary/aromatic N) is 2. The standard InChI is InChI=1S/C16H16FN3/c1-11(12-7-9-13(17)10-8-12)18-16-19-14-5-3-4-6-15(14)20(16)2/h3-11H,1-2H3,(H,18,19). The first kappa shape index (κ1) is 12.7. The second kappa shape index (κ2) is 4.96. The van der Waals surface area contributed by atoms with Gasteiger partial charge in [0.15, 0.2) is 0 Å². The predicted molar refractivity (Wildman–Crippen MR) is 79.2 cm³/mol. The molecule has 2 aromatic carbocycles. The lowest BCUT2D eigenvalue weighted by Gasteiger charge is -2.15. The van der Waals surface area contributed by atoms with Crippen molar-refractivity contribution in [2.45, 2.75) is 13.0 Å². The van der Waals surface area contributed by atoms with Crippen LogP contribution in [0.25, 0.3) is 11.0 Å². The number of anilines is 1. The van der Waals surface area contributed by atoms with Crippen LogP contribution in [0.2, 0.25) is 0 Å². The molecule has 1 unspecified atom stereocenters. The molecule has 0 aliphatic heterocycles. The van der Waals surface area contributed by atoms with E-state index in [4.69, 9.17) is 0 Å². The van der Waals surface area contributed by atoms with Gasteiger partial charge in [0.1, 0.15) is 5.82 Å². The largest absolute Gasteiger partial charge is 0.349 e. The van der Waals surface area contributed by atoms with Gasteiger partial charge in [-0.2, -0.15) is 0 Å². The minimum atomic E-state index is -0.219. The Balaban J connectivity index is 1.89. The molecule has 1 heterocycles. The topological polar surface area (TPSA) is 29.9 Å². The molecule has 3 rings (SSSR count). The first-order valence-electron chi connectivity index (χ1n) is 6.58. The third-order valence-corrected chi connectivity index (χ3v) is 3.50. The van der Waals surface area contributed by atoms with Gasteiger partial charge in [0.2, 0.25) is 5.95 Å². The minimum Gasteiger partial charge on any atom is -0.349 e. The lowest BCUT2D eigenvalue weighted by molar-refractivity contribution is 0.626. The molecule has 0 saturated carbocycles. The lowest BCUT2D eigenvalue weighted by Crippen LogP contribution is -2.10. The van der Waals surface area contributed by atoms with E-state index in [0.29, 0.717) is 0 Å². The fourth-order valence-corrected chi connectivity index (χ4v) is 2.30. The van der Waals surface area contributed by atoms with Crippen molar-refractivity contribution < 1.29 is 4.39 Å². The van der Waals surface area contributed by atoms with Gasteiger partial charge in [0.25, 0.3) is 0 Å². The molecular weight excluding hydrogens is 253 g/mol. The second-order valence-corrected chi connectivity index (χ2v) is 4.90. The molecule has 3 nitrogen and oxygen atoms in total. The number of para-hydroxylation sites is 2. The van der Waals surface area contributed by atoms with Crippen LogP contribution >= 0.6 is 0 Å². The number of nitrogens with one attached hydrogen (secondary N) is 1. The summed E-state index contributed by atoms with van der Waals surface area (Å²) in [5.74, 6) is 0.590. The molecule has 20 heavy (non-hydrogen) atoms. The lowest BCUT2D eigenvalue weighted by atomic mass is 10.1. The fraction of sp³-hybridized carbons (Fsp3) is 0.188. The van der Waals surface area contributed by atoms with Crippen LogP contribution in [0.1, 0.15) is 18.5 Å². The van der Waals surface area contributed by atoms with E-state index >= 15 is 0 Å². The van der Waals surface area contributed by atoms with Crippen molar-refractivity contribution >= 4 is 17.0 Å². The number of aromatic nitrogens is 2. The SMILES string of the molecule is CC(Nc1nc2ccccc2n1C)c1ccc(F)cc1. The van der Waals surface area contributed by atoms with Crippen molar-refractivity contribution in [3.63, 3.8) is 0 Å². The molecule has 0 spiro atoms. The molecule has 0 saturated heterocycles. The zero-order valence-electron chi connectivity index (χ0n) is 11.5. The van der Waals surface area contributed by atoms with Gasteiger partial charge in [0, 0.05) is 7.05 Å². The van der Waals surface area contributed by atoms with Gasteiger partial charge in [0.05, 0.1) is 17.1 Å². The van der Waals surface area contributed by atoms with Crippen LogP contribution in [0.15, 0.2) is 48.5 Å². The van der Waals surface area contributed by atoms with Crippen LogP contribution < -0.4 is 5.32 Å². The third kappa shape index (κ3) is 2.25. The Kier molecular flexibility index (Phi) is 3.14. The van der Waals surface area contributed by atoms with Gasteiger partial charge in [-0.3, -0.25) is 0 Å². The Bertz CT molecular complexity index is 731. The van der Waals surface area contributed by atoms with Crippen molar-refractivity contribution in [2.75, 3.05) is 5.32 Å². The number of halogens is 1. The molecule has 0 amide bonds. The summed E-state index contributed by atoms with van der Waals surface area (Å²) in [4.78, 5) is 4.57. The second-order valence-electron chi connectivity index (χ2n) is 4.90. The first-order valence-corrected chi connectivity index (χ1v) is 6.58. The zero-order valence-corrected chi connectivity index (χ0v) is 11.5. The highest BCUT2D eigenvalue weighted by Crippen LogP contribution is 2.22. The van der Waals surface area contributed by atoms with Gasteiger partial charge in [-0.15, -0.1) is 0 Å². The average molecular weight is 269 g/mol. The van der Waals surface area contributed by atoms with E-state index in [1.54, 1.807) is 12.1 Å². The summed E-state index contributed by atoms with van der Waals surface area (Å²) in [5.41, 5.74) is 3.07. The van der Waals surface area contributed by atoms with Crippen LogP contribution in [-0.2, 0) is 7.05 Å². The van der Waals surface area contributed by atoms with E-state index < -0.39 is 0 Å². The maximum atomic E-state index is 12.9. The maximum absolute atomic E-state index is 12.9. The van der Waals surface area contributed by atoms with Gasteiger partial charge in [-0.25, -0.2) is 9.37 Å². The predicted octanol–water partition coefficient (Wildman–Crippen LogP) is 3.89. The van der Waals surface area contributed by atoms with E-state index in [1.807, 2.05) is 42.8 Å². The van der Waals surface area contributed by atoms with Crippen LogP contribution in [0.5, 0.6) is 0 Å². The molecule has 4 heteroatoms. The van der Waals surface area contributed by atoms with Gasteiger partial charge in [-0.05, 0) is 36.8 Å². The Labute approximate surface area is 117 Å². The number of aryl methyl sites for hydroxylation is 1. The number of benzene rings is 2. The van der Waals surface area contributed by atoms with Crippen LogP contribution in [0.4, 0.5) is 10.3 Å². The summed E-state index contributed by atoms with van der Waals surface area (Å²) in [6.45, 7) is 2.03. The van der Waals surface area contributed by atoms with Crippen molar-refractivity contribution in [1.29, 1.82) is 0 Å². The third-order valence-electron chi connectivity index (χ3n) is 3.50. The summed E-state index contributed by atoms with van der Waals surface area (Å²) < 4.78 is 15.0. The highest BCUT2D eigenvalue weighted by Gasteiger charge is 2.11. The van der Waals surface area contributed by atoms with E-state index in [0.717, 1.165) is 22.5 Å². The number of hydrogen-bond acceptors (Lipinski definition) is 2. The van der Waals surface area contributed by atoms with Crippen LogP contribution in [-0.4, -0.2) is 9.55 Å². The monoisotopic (exact) mass is 269 g/mol. The van der Waals surface area contributed by atoms with E-state index in [-0.39, 0.29) is 11.9 Å². The normalized spacial score (nSPS) is 12.6. The molecule has 1 atom stereocenters. The zero-order chi connectivity index (χ0) is 14.1. The molecular formula is C16H16FN3. The smallest absolute Gasteiger partial charge is 0.204 e. The van der Waals surface area contributed by atoms with E-state index in [9.17, 15) is 4.39 Å². The van der Waals surface area contributed by atoms with Crippen molar-refractivity contribution in [1.82, 2.24) is 9.55 Å². The molecule has 0 aliphatic carbocycles. The Morgan fingerprint density at radius 2 is 1.80 bits per heavy atom. The van der Waals surface area contributed by atoms with Crippen molar-refractivity contribution in [3.8, 4) is 0 Å². The Morgan fingerprint density at radius 1 is 1.10 bits per heavy atom. The summed E-state index contributed by atoms with van der Waals surface area (Å²) in [5, 5.41) is 3.36. The summed E-state index contributed by atoms with van der Waals surface area (Å²) in [6, 6.07) is 14.6. The Morgan fingerprint density at radius 3 is 2.50 bits per heavy atom. The van der Waals surface area contributed by atoms with Gasteiger partial charge in [-0.1, -0.05) is 24.3 Å². The van der Waals surface area contributed by atoms with Crippen molar-refractivity contribution in [2.24, 2.45) is 7.05 Å². The number of imidazole rings is 1. The molecule has 3 aromatic rings.